The Balaban J connectivity index is 2.12. The molecule has 1 aliphatic heterocycles. The fourth-order valence-electron chi connectivity index (χ4n) is 2.22. The molecule has 2 N–H and O–H groups in total. The van der Waals surface area contributed by atoms with Crippen molar-refractivity contribution in [2.75, 3.05) is 20.1 Å². The third-order valence-electron chi connectivity index (χ3n) is 3.48. The van der Waals surface area contributed by atoms with Crippen molar-refractivity contribution in [1.29, 1.82) is 0 Å². The van der Waals surface area contributed by atoms with Crippen LogP contribution in [0.3, 0.4) is 0 Å². The summed E-state index contributed by atoms with van der Waals surface area (Å²) in [6.45, 7) is 1.67. The van der Waals surface area contributed by atoms with E-state index in [9.17, 15) is 10.2 Å². The molecule has 16 heavy (non-hydrogen) atoms. The maximum atomic E-state index is 10.4. The molecule has 0 radical (unpaired) electrons. The summed E-state index contributed by atoms with van der Waals surface area (Å²) in [4.78, 5) is 2.17. The molecule has 1 aliphatic rings. The van der Waals surface area contributed by atoms with Crippen molar-refractivity contribution in [2.45, 2.75) is 24.5 Å². The van der Waals surface area contributed by atoms with Gasteiger partial charge in [-0.05, 0) is 25.5 Å². The average Bonchev–Trinajstić information content (AvgIpc) is 2.33. The van der Waals surface area contributed by atoms with Crippen LogP contribution in [-0.2, 0) is 0 Å². The van der Waals surface area contributed by atoms with E-state index in [4.69, 9.17) is 0 Å². The number of rotatable bonds is 2. The second-order valence-electron chi connectivity index (χ2n) is 4.72. The van der Waals surface area contributed by atoms with Crippen molar-refractivity contribution in [3.63, 3.8) is 0 Å². The van der Waals surface area contributed by atoms with Crippen LogP contribution in [0.25, 0.3) is 0 Å². The lowest BCUT2D eigenvalue weighted by Crippen LogP contribution is -2.46. The molecule has 1 atom stereocenters. The quantitative estimate of drug-likeness (QED) is 0.788. The summed E-state index contributed by atoms with van der Waals surface area (Å²) in [6.07, 6.45) is 0.474. The van der Waals surface area contributed by atoms with Gasteiger partial charge in [0, 0.05) is 13.1 Å². The molecule has 88 valence electrons. The molecule has 0 aliphatic carbocycles. The minimum Gasteiger partial charge on any atom is -0.387 e. The molecule has 0 amide bonds. The van der Waals surface area contributed by atoms with E-state index >= 15 is 0 Å². The summed E-state index contributed by atoms with van der Waals surface area (Å²) in [7, 11) is 2.04. The molecule has 1 fully saturated rings. The van der Waals surface area contributed by atoms with Gasteiger partial charge < -0.3 is 15.1 Å². The summed E-state index contributed by atoms with van der Waals surface area (Å²) in [5.41, 5.74) is -0.164. The first-order valence-corrected chi connectivity index (χ1v) is 5.76. The van der Waals surface area contributed by atoms with Gasteiger partial charge in [0.05, 0.1) is 5.60 Å². The van der Waals surface area contributed by atoms with Gasteiger partial charge in [0.15, 0.2) is 0 Å². The predicted octanol–water partition coefficient (Wildman–Crippen LogP) is 1.18. The van der Waals surface area contributed by atoms with Crippen molar-refractivity contribution >= 4 is 0 Å². The second-order valence-corrected chi connectivity index (χ2v) is 4.72. The van der Waals surface area contributed by atoms with Crippen LogP contribution in [0, 0.1) is 0 Å². The van der Waals surface area contributed by atoms with E-state index in [-0.39, 0.29) is 0 Å². The molecule has 1 aromatic carbocycles. The number of piperidine rings is 1. The van der Waals surface area contributed by atoms with Crippen molar-refractivity contribution in [1.82, 2.24) is 4.90 Å². The first-order valence-electron chi connectivity index (χ1n) is 5.76. The average molecular weight is 221 g/mol. The number of benzene rings is 1. The third kappa shape index (κ3) is 2.26. The number of aliphatic hydroxyl groups is 2. The predicted molar refractivity (Wildman–Crippen MR) is 63.1 cm³/mol. The molecule has 2 rings (SSSR count). The summed E-state index contributed by atoms with van der Waals surface area (Å²) in [5, 5.41) is 20.7. The van der Waals surface area contributed by atoms with Gasteiger partial charge in [0.2, 0.25) is 0 Å². The molecule has 1 heterocycles. The number of hydrogen-bond donors (Lipinski definition) is 2. The zero-order valence-electron chi connectivity index (χ0n) is 9.63. The Bertz CT molecular complexity index is 331. The lowest BCUT2D eigenvalue weighted by Gasteiger charge is -2.39. The number of aliphatic hydroxyl groups excluding tert-OH is 1. The zero-order chi connectivity index (χ0) is 11.6. The first-order chi connectivity index (χ1) is 7.62. The van der Waals surface area contributed by atoms with E-state index < -0.39 is 11.7 Å². The van der Waals surface area contributed by atoms with E-state index in [1.165, 1.54) is 0 Å². The first kappa shape index (κ1) is 11.6. The van der Waals surface area contributed by atoms with Gasteiger partial charge >= 0.3 is 0 Å². The van der Waals surface area contributed by atoms with Crippen molar-refractivity contribution < 1.29 is 10.2 Å². The Morgan fingerprint density at radius 3 is 2.31 bits per heavy atom. The van der Waals surface area contributed by atoms with Gasteiger partial charge in [-0.2, -0.15) is 0 Å². The van der Waals surface area contributed by atoms with Crippen LogP contribution in [0.5, 0.6) is 0 Å². The second kappa shape index (κ2) is 4.53. The standard InChI is InChI=1S/C13H19NO2/c1-14-9-7-13(16,8-10-14)12(15)11-5-3-2-4-6-11/h2-6,12,15-16H,7-10H2,1H3. The SMILES string of the molecule is CN1CCC(O)(C(O)c2ccccc2)CC1. The van der Waals surface area contributed by atoms with Crippen LogP contribution in [-0.4, -0.2) is 40.9 Å². The summed E-state index contributed by atoms with van der Waals surface area (Å²) in [6, 6.07) is 9.41. The molecule has 1 aromatic rings. The van der Waals surface area contributed by atoms with E-state index in [1.54, 1.807) is 0 Å². The summed E-state index contributed by atoms with van der Waals surface area (Å²) >= 11 is 0. The Labute approximate surface area is 96.3 Å². The number of likely N-dealkylation sites (tertiary alicyclic amines) is 1. The van der Waals surface area contributed by atoms with Crippen LogP contribution in [0.2, 0.25) is 0 Å². The molecule has 1 saturated heterocycles. The Morgan fingerprint density at radius 2 is 1.75 bits per heavy atom. The van der Waals surface area contributed by atoms with Gasteiger partial charge in [0.25, 0.3) is 0 Å². The van der Waals surface area contributed by atoms with Crippen molar-refractivity contribution in [3.05, 3.63) is 35.9 Å². The fraction of sp³-hybridized carbons (Fsp3) is 0.538. The van der Waals surface area contributed by atoms with Gasteiger partial charge in [-0.1, -0.05) is 30.3 Å². The van der Waals surface area contributed by atoms with Crippen molar-refractivity contribution in [2.24, 2.45) is 0 Å². The highest BCUT2D eigenvalue weighted by Crippen LogP contribution is 2.34. The number of hydrogen-bond acceptors (Lipinski definition) is 3. The normalized spacial score (nSPS) is 22.9. The molecule has 0 bridgehead atoms. The number of nitrogens with zero attached hydrogens (tertiary/aromatic N) is 1. The minimum absolute atomic E-state index is 0.625. The Hall–Kier alpha value is -0.900. The van der Waals surface area contributed by atoms with E-state index in [0.29, 0.717) is 12.8 Å². The van der Waals surface area contributed by atoms with E-state index in [2.05, 4.69) is 4.90 Å². The van der Waals surface area contributed by atoms with E-state index in [0.717, 1.165) is 18.7 Å². The third-order valence-corrected chi connectivity index (χ3v) is 3.48. The summed E-state index contributed by atoms with van der Waals surface area (Å²) < 4.78 is 0. The van der Waals surface area contributed by atoms with E-state index in [1.807, 2.05) is 37.4 Å². The molecule has 3 heteroatoms. The molecule has 3 nitrogen and oxygen atoms in total. The molecular weight excluding hydrogens is 202 g/mol. The molecule has 0 saturated carbocycles. The lowest BCUT2D eigenvalue weighted by molar-refractivity contribution is -0.108. The molecule has 0 spiro atoms. The topological polar surface area (TPSA) is 43.7 Å². The zero-order valence-corrected chi connectivity index (χ0v) is 9.63. The van der Waals surface area contributed by atoms with Crippen LogP contribution in [0.1, 0.15) is 24.5 Å². The Morgan fingerprint density at radius 1 is 1.19 bits per heavy atom. The van der Waals surface area contributed by atoms with Gasteiger partial charge in [-0.3, -0.25) is 0 Å². The van der Waals surface area contributed by atoms with Gasteiger partial charge in [-0.25, -0.2) is 0 Å². The smallest absolute Gasteiger partial charge is 0.108 e. The van der Waals surface area contributed by atoms with Crippen LogP contribution >= 0.6 is 0 Å². The largest absolute Gasteiger partial charge is 0.387 e. The van der Waals surface area contributed by atoms with Crippen LogP contribution < -0.4 is 0 Å². The lowest BCUT2D eigenvalue weighted by atomic mass is 9.83. The fourth-order valence-corrected chi connectivity index (χ4v) is 2.22. The minimum atomic E-state index is -0.964. The maximum Gasteiger partial charge on any atom is 0.108 e. The highest BCUT2D eigenvalue weighted by atomic mass is 16.3. The van der Waals surface area contributed by atoms with Gasteiger partial charge in [0.1, 0.15) is 6.10 Å². The summed E-state index contributed by atoms with van der Waals surface area (Å²) in [5.74, 6) is 0. The highest BCUT2D eigenvalue weighted by molar-refractivity contribution is 5.20. The van der Waals surface area contributed by atoms with Crippen LogP contribution in [0.15, 0.2) is 30.3 Å². The monoisotopic (exact) mass is 221 g/mol. The van der Waals surface area contributed by atoms with Gasteiger partial charge in [-0.15, -0.1) is 0 Å². The molecule has 1 unspecified atom stereocenters. The van der Waals surface area contributed by atoms with Crippen molar-refractivity contribution in [3.8, 4) is 0 Å². The maximum absolute atomic E-state index is 10.4. The molecular formula is C13H19NO2. The Kier molecular flexibility index (Phi) is 3.28. The highest BCUT2D eigenvalue weighted by Gasteiger charge is 2.38. The molecule has 0 aromatic heterocycles. The van der Waals surface area contributed by atoms with Crippen LogP contribution in [0.4, 0.5) is 0 Å².